The molecule has 2 rings (SSSR count). The van der Waals surface area contributed by atoms with E-state index in [0.29, 0.717) is 22.0 Å². The van der Waals surface area contributed by atoms with Gasteiger partial charge in [0.15, 0.2) is 0 Å². The van der Waals surface area contributed by atoms with Gasteiger partial charge in [0.2, 0.25) is 0 Å². The van der Waals surface area contributed by atoms with E-state index in [4.69, 9.17) is 22.1 Å². The summed E-state index contributed by atoms with van der Waals surface area (Å²) < 4.78 is 5.50. The summed E-state index contributed by atoms with van der Waals surface area (Å²) in [5.41, 5.74) is 6.78. The molecule has 0 saturated carbocycles. The first-order valence-corrected chi connectivity index (χ1v) is 5.85. The highest BCUT2D eigenvalue weighted by molar-refractivity contribution is 6.30. The van der Waals surface area contributed by atoms with Gasteiger partial charge in [-0.1, -0.05) is 11.6 Å². The van der Waals surface area contributed by atoms with Crippen molar-refractivity contribution in [2.75, 3.05) is 5.73 Å². The first kappa shape index (κ1) is 13.2. The molecule has 0 aliphatic heterocycles. The van der Waals surface area contributed by atoms with Gasteiger partial charge in [-0.2, -0.15) is 0 Å². The molecular weight excluding hydrogens is 268 g/mol. The topological polar surface area (TPSA) is 78.4 Å². The van der Waals surface area contributed by atoms with Crippen molar-refractivity contribution in [2.24, 2.45) is 0 Å². The van der Waals surface area contributed by atoms with E-state index in [9.17, 15) is 10.1 Å². The molecule has 6 heteroatoms. The Morgan fingerprint density at radius 2 is 1.89 bits per heavy atom. The number of nitrogens with zero attached hydrogens (tertiary/aromatic N) is 1. The normalized spacial score (nSPS) is 10.2. The van der Waals surface area contributed by atoms with Crippen molar-refractivity contribution < 1.29 is 9.66 Å². The number of hydrogen-bond acceptors (Lipinski definition) is 4. The number of nitrogen functional groups attached to an aromatic ring is 1. The van der Waals surface area contributed by atoms with Crippen LogP contribution in [0.3, 0.4) is 0 Å². The third kappa shape index (κ3) is 3.35. The lowest BCUT2D eigenvalue weighted by atomic mass is 10.1. The Kier molecular flexibility index (Phi) is 3.87. The molecule has 0 aromatic heterocycles. The first-order valence-electron chi connectivity index (χ1n) is 5.47. The van der Waals surface area contributed by atoms with Gasteiger partial charge in [0, 0.05) is 28.4 Å². The molecular formula is C13H11ClN2O3. The molecule has 2 aromatic carbocycles. The third-order valence-corrected chi connectivity index (χ3v) is 2.80. The van der Waals surface area contributed by atoms with E-state index < -0.39 is 4.92 Å². The van der Waals surface area contributed by atoms with Gasteiger partial charge in [0.1, 0.15) is 12.4 Å². The van der Waals surface area contributed by atoms with Crippen LogP contribution in [-0.4, -0.2) is 4.92 Å². The first-order chi connectivity index (χ1) is 9.06. The second kappa shape index (κ2) is 5.58. The Labute approximate surface area is 114 Å². The van der Waals surface area contributed by atoms with Crippen molar-refractivity contribution in [1.82, 2.24) is 0 Å². The third-order valence-electron chi connectivity index (χ3n) is 2.55. The molecule has 19 heavy (non-hydrogen) atoms. The number of non-ortho nitro benzene ring substituents is 1. The summed E-state index contributed by atoms with van der Waals surface area (Å²) in [7, 11) is 0. The van der Waals surface area contributed by atoms with Gasteiger partial charge in [0.05, 0.1) is 4.92 Å². The van der Waals surface area contributed by atoms with Crippen molar-refractivity contribution in [1.29, 1.82) is 0 Å². The van der Waals surface area contributed by atoms with Gasteiger partial charge >= 0.3 is 0 Å². The highest BCUT2D eigenvalue weighted by Crippen LogP contribution is 2.22. The SMILES string of the molecule is Nc1ccc([N+](=O)[O-])cc1COc1ccc(Cl)cc1. The minimum Gasteiger partial charge on any atom is -0.489 e. The van der Waals surface area contributed by atoms with Gasteiger partial charge < -0.3 is 10.5 Å². The maximum Gasteiger partial charge on any atom is 0.269 e. The molecule has 0 amide bonds. The van der Waals surface area contributed by atoms with Gasteiger partial charge in [-0.15, -0.1) is 0 Å². The summed E-state index contributed by atoms with van der Waals surface area (Å²) in [6, 6.07) is 11.1. The summed E-state index contributed by atoms with van der Waals surface area (Å²) in [6.45, 7) is 0.162. The number of nitro groups is 1. The molecule has 0 unspecified atom stereocenters. The highest BCUT2D eigenvalue weighted by atomic mass is 35.5. The smallest absolute Gasteiger partial charge is 0.269 e. The number of nitrogens with two attached hydrogens (primary N) is 1. The van der Waals surface area contributed by atoms with Crippen molar-refractivity contribution in [3.63, 3.8) is 0 Å². The fourth-order valence-corrected chi connectivity index (χ4v) is 1.65. The lowest BCUT2D eigenvalue weighted by molar-refractivity contribution is -0.384. The van der Waals surface area contributed by atoms with Gasteiger partial charge in [-0.25, -0.2) is 0 Å². The van der Waals surface area contributed by atoms with Crippen LogP contribution in [0.15, 0.2) is 42.5 Å². The van der Waals surface area contributed by atoms with E-state index in [1.54, 1.807) is 24.3 Å². The average Bonchev–Trinajstić information content (AvgIpc) is 2.39. The molecule has 98 valence electrons. The molecule has 0 bridgehead atoms. The van der Waals surface area contributed by atoms with E-state index in [-0.39, 0.29) is 12.3 Å². The number of benzene rings is 2. The van der Waals surface area contributed by atoms with Gasteiger partial charge in [0.25, 0.3) is 5.69 Å². The monoisotopic (exact) mass is 278 g/mol. The quantitative estimate of drug-likeness (QED) is 0.528. The van der Waals surface area contributed by atoms with Crippen molar-refractivity contribution in [2.45, 2.75) is 6.61 Å². The molecule has 0 spiro atoms. The predicted octanol–water partition coefficient (Wildman–Crippen LogP) is 3.41. The van der Waals surface area contributed by atoms with E-state index in [1.165, 1.54) is 18.2 Å². The summed E-state index contributed by atoms with van der Waals surface area (Å²) in [5.74, 6) is 0.621. The minimum absolute atomic E-state index is 0.0103. The summed E-state index contributed by atoms with van der Waals surface area (Å²) in [5, 5.41) is 11.3. The minimum atomic E-state index is -0.467. The Hall–Kier alpha value is -2.27. The molecule has 2 aromatic rings. The van der Waals surface area contributed by atoms with Crippen LogP contribution in [0.4, 0.5) is 11.4 Å². The number of hydrogen-bond donors (Lipinski definition) is 1. The number of halogens is 1. The number of rotatable bonds is 4. The summed E-state index contributed by atoms with van der Waals surface area (Å²) in [4.78, 5) is 10.2. The second-order valence-corrected chi connectivity index (χ2v) is 4.32. The highest BCUT2D eigenvalue weighted by Gasteiger charge is 2.09. The van der Waals surface area contributed by atoms with Crippen LogP contribution in [-0.2, 0) is 6.61 Å². The van der Waals surface area contributed by atoms with E-state index in [1.807, 2.05) is 0 Å². The molecule has 0 saturated heterocycles. The zero-order valence-corrected chi connectivity index (χ0v) is 10.6. The number of ether oxygens (including phenoxy) is 1. The summed E-state index contributed by atoms with van der Waals surface area (Å²) >= 11 is 5.76. The fourth-order valence-electron chi connectivity index (χ4n) is 1.52. The van der Waals surface area contributed by atoms with Crippen molar-refractivity contribution >= 4 is 23.0 Å². The van der Waals surface area contributed by atoms with Crippen LogP contribution in [0, 0.1) is 10.1 Å². The number of nitro benzene ring substituents is 1. The molecule has 5 nitrogen and oxygen atoms in total. The van der Waals surface area contributed by atoms with E-state index in [0.717, 1.165) is 0 Å². The van der Waals surface area contributed by atoms with Crippen molar-refractivity contribution in [3.8, 4) is 5.75 Å². The predicted molar refractivity (Wildman–Crippen MR) is 73.3 cm³/mol. The maximum absolute atomic E-state index is 10.7. The second-order valence-electron chi connectivity index (χ2n) is 3.88. The van der Waals surface area contributed by atoms with Crippen LogP contribution >= 0.6 is 11.6 Å². The van der Waals surface area contributed by atoms with Gasteiger partial charge in [-0.3, -0.25) is 10.1 Å². The van der Waals surface area contributed by atoms with Crippen LogP contribution in [0.5, 0.6) is 5.75 Å². The lowest BCUT2D eigenvalue weighted by Gasteiger charge is -2.08. The molecule has 0 fully saturated rings. The Morgan fingerprint density at radius 1 is 1.21 bits per heavy atom. The van der Waals surface area contributed by atoms with Crippen LogP contribution in [0.1, 0.15) is 5.56 Å². The lowest BCUT2D eigenvalue weighted by Crippen LogP contribution is -2.01. The molecule has 0 radical (unpaired) electrons. The van der Waals surface area contributed by atoms with Crippen LogP contribution in [0.25, 0.3) is 0 Å². The molecule has 2 N–H and O–H groups in total. The average molecular weight is 279 g/mol. The molecule has 0 heterocycles. The maximum atomic E-state index is 10.7. The summed E-state index contributed by atoms with van der Waals surface area (Å²) in [6.07, 6.45) is 0. The van der Waals surface area contributed by atoms with Crippen LogP contribution < -0.4 is 10.5 Å². The Balaban J connectivity index is 2.12. The zero-order chi connectivity index (χ0) is 13.8. The van der Waals surface area contributed by atoms with Crippen LogP contribution in [0.2, 0.25) is 5.02 Å². The number of anilines is 1. The van der Waals surface area contributed by atoms with E-state index in [2.05, 4.69) is 0 Å². The largest absolute Gasteiger partial charge is 0.489 e. The van der Waals surface area contributed by atoms with Crippen molar-refractivity contribution in [3.05, 3.63) is 63.2 Å². The molecule has 0 aliphatic rings. The Bertz CT molecular complexity index is 599. The zero-order valence-electron chi connectivity index (χ0n) is 9.88. The van der Waals surface area contributed by atoms with Gasteiger partial charge in [-0.05, 0) is 30.3 Å². The Morgan fingerprint density at radius 3 is 2.53 bits per heavy atom. The molecule has 0 atom stereocenters. The fraction of sp³-hybridized carbons (Fsp3) is 0.0769. The molecule has 0 aliphatic carbocycles. The standard InChI is InChI=1S/C13H11ClN2O3/c14-10-1-4-12(5-2-10)19-8-9-7-11(16(17)18)3-6-13(9)15/h1-7H,8,15H2. The van der Waals surface area contributed by atoms with E-state index >= 15 is 0 Å².